The maximum atomic E-state index is 12.7. The molecule has 3 rings (SSSR count). The lowest BCUT2D eigenvalue weighted by Gasteiger charge is -2.30. The van der Waals surface area contributed by atoms with Crippen LogP contribution in [0.4, 0.5) is 5.82 Å². The highest BCUT2D eigenvalue weighted by molar-refractivity contribution is 8.13. The van der Waals surface area contributed by atoms with Crippen molar-refractivity contribution >= 4 is 86.5 Å². The zero-order chi connectivity index (χ0) is 48.0. The maximum absolute atomic E-state index is 12.7. The summed E-state index contributed by atoms with van der Waals surface area (Å²) in [6.07, 6.45) is -5.91. The number of Topliss-reactive ketones (excluding diaryl/α,β-unsaturated/α-hetero) is 3. The third-order valence-corrected chi connectivity index (χ3v) is 12.9. The molecule has 7 atom stereocenters. The van der Waals surface area contributed by atoms with Gasteiger partial charge in [-0.25, -0.2) is 28.6 Å². The van der Waals surface area contributed by atoms with Gasteiger partial charge in [-0.05, 0) is 6.42 Å². The lowest BCUT2D eigenvalue weighted by Crippen LogP contribution is -2.46. The smallest absolute Gasteiger partial charge is 0.386 e. The molecule has 10 N–H and O–H groups in total. The first-order valence-electron chi connectivity index (χ1n) is 19.3. The molecule has 2 amide bonds. The summed E-state index contributed by atoms with van der Waals surface area (Å²) in [4.78, 5) is 124. The van der Waals surface area contributed by atoms with E-state index in [0.717, 1.165) is 41.8 Å². The van der Waals surface area contributed by atoms with Crippen LogP contribution >= 0.6 is 35.2 Å². The zero-order valence-corrected chi connectivity index (χ0v) is 38.2. The molecule has 1 aliphatic rings. The van der Waals surface area contributed by atoms with Gasteiger partial charge >= 0.3 is 23.5 Å². The molecule has 3 heterocycles. The van der Waals surface area contributed by atoms with Gasteiger partial charge in [0.05, 0.1) is 38.8 Å². The van der Waals surface area contributed by atoms with Crippen LogP contribution < -0.4 is 16.4 Å². The predicted octanol–water partition coefficient (Wildman–Crippen LogP) is 0.123. The lowest BCUT2D eigenvalue weighted by atomic mass is 9.87. The Hall–Kier alpha value is -3.43. The van der Waals surface area contributed by atoms with E-state index in [1.165, 1.54) is 13.8 Å². The van der Waals surface area contributed by atoms with Crippen molar-refractivity contribution in [2.45, 2.75) is 103 Å². The van der Waals surface area contributed by atoms with E-state index in [-0.39, 0.29) is 60.9 Å². The number of carbonyl (C=O) groups is 6. The molecule has 0 radical (unpaired) electrons. The number of thioether (sulfide) groups is 1. The van der Waals surface area contributed by atoms with E-state index in [2.05, 4.69) is 34.4 Å². The largest absolute Gasteiger partial charge is 0.481 e. The summed E-state index contributed by atoms with van der Waals surface area (Å²) in [5.41, 5.74) is 4.17. The van der Waals surface area contributed by atoms with Crippen molar-refractivity contribution in [2.24, 2.45) is 5.41 Å². The van der Waals surface area contributed by atoms with Gasteiger partial charge in [-0.2, -0.15) is 4.31 Å². The summed E-state index contributed by atoms with van der Waals surface area (Å²) >= 11 is 0.754. The number of phosphoric ester groups is 3. The van der Waals surface area contributed by atoms with Crippen molar-refractivity contribution in [1.29, 1.82) is 0 Å². The van der Waals surface area contributed by atoms with Gasteiger partial charge in [0.1, 0.15) is 53.6 Å². The average Bonchev–Trinajstić information content (AvgIpc) is 3.74. The number of ketones is 3. The minimum atomic E-state index is -5.61. The van der Waals surface area contributed by atoms with E-state index in [1.54, 1.807) is 0 Å². The summed E-state index contributed by atoms with van der Waals surface area (Å²) in [7, 11) is -16.5. The molecule has 0 spiro atoms. The Bertz CT molecular complexity index is 2140. The second-order valence-corrected chi connectivity index (χ2v) is 20.3. The number of hydrogen-bond acceptors (Lipinski definition) is 21. The average molecular weight is 992 g/mol. The molecule has 360 valence electrons. The molecular weight excluding hydrogens is 939 g/mol. The van der Waals surface area contributed by atoms with E-state index in [4.69, 9.17) is 19.5 Å². The molecule has 0 aliphatic carbocycles. The number of aromatic nitrogens is 4. The van der Waals surface area contributed by atoms with Gasteiger partial charge < -0.3 is 50.9 Å². The summed E-state index contributed by atoms with van der Waals surface area (Å²) in [6.45, 7) is 2.03. The van der Waals surface area contributed by atoms with Crippen molar-refractivity contribution in [2.75, 3.05) is 37.8 Å². The molecular formula is C33H52N7O20P3S. The fraction of sp³-hybridized carbons (Fsp3) is 0.667. The van der Waals surface area contributed by atoms with Gasteiger partial charge in [-0.3, -0.25) is 46.9 Å². The number of ether oxygens (including phenoxy) is 1. The van der Waals surface area contributed by atoms with E-state index >= 15 is 0 Å². The number of amides is 2. The van der Waals surface area contributed by atoms with Crippen LogP contribution in [0.25, 0.3) is 11.2 Å². The molecule has 0 saturated carbocycles. The fourth-order valence-corrected chi connectivity index (χ4v) is 9.26. The van der Waals surface area contributed by atoms with Crippen LogP contribution in [0.15, 0.2) is 12.7 Å². The number of imidazole rings is 1. The van der Waals surface area contributed by atoms with E-state index in [1.807, 2.05) is 6.92 Å². The molecule has 1 saturated heterocycles. The number of anilines is 1. The second-order valence-electron chi connectivity index (χ2n) is 14.9. The topological polar surface area (TPSA) is 415 Å². The Morgan fingerprint density at radius 2 is 1.58 bits per heavy atom. The Balaban J connectivity index is 1.40. The molecule has 0 bridgehead atoms. The van der Waals surface area contributed by atoms with Gasteiger partial charge in [0.2, 0.25) is 11.8 Å². The van der Waals surface area contributed by atoms with Crippen molar-refractivity contribution in [3.05, 3.63) is 12.7 Å². The Kier molecular flexibility index (Phi) is 20.9. The second kappa shape index (κ2) is 24.4. The molecule has 2 aromatic rings. The van der Waals surface area contributed by atoms with Crippen molar-refractivity contribution < 1.29 is 94.9 Å². The Morgan fingerprint density at radius 3 is 2.25 bits per heavy atom. The van der Waals surface area contributed by atoms with Gasteiger partial charge in [0.15, 0.2) is 22.8 Å². The first-order valence-corrected chi connectivity index (χ1v) is 24.8. The summed E-state index contributed by atoms with van der Waals surface area (Å²) in [5.74, 6) is -2.99. The van der Waals surface area contributed by atoms with Crippen molar-refractivity contribution in [1.82, 2.24) is 30.2 Å². The highest BCUT2D eigenvalue weighted by Crippen LogP contribution is 2.61. The summed E-state index contributed by atoms with van der Waals surface area (Å²) in [6, 6.07) is 0. The van der Waals surface area contributed by atoms with Crippen LogP contribution in [0.3, 0.4) is 0 Å². The number of nitrogens with zero attached hydrogens (tertiary/aromatic N) is 4. The van der Waals surface area contributed by atoms with Gasteiger partial charge in [0, 0.05) is 37.1 Å². The van der Waals surface area contributed by atoms with Crippen LogP contribution in [0.2, 0.25) is 0 Å². The van der Waals surface area contributed by atoms with Crippen LogP contribution in [0, 0.1) is 5.41 Å². The number of nitrogen functional groups attached to an aromatic ring is 1. The number of fused-ring (bicyclic) bond motifs is 1. The first kappa shape index (κ1) is 54.9. The number of aliphatic hydroxyl groups is 2. The predicted molar refractivity (Wildman–Crippen MR) is 220 cm³/mol. The highest BCUT2D eigenvalue weighted by Gasteiger charge is 2.50. The van der Waals surface area contributed by atoms with E-state index in [9.17, 15) is 72.2 Å². The normalized spacial score (nSPS) is 20.3. The van der Waals surface area contributed by atoms with Crippen LogP contribution in [0.5, 0.6) is 0 Å². The quantitative estimate of drug-likeness (QED) is 0.0297. The van der Waals surface area contributed by atoms with Gasteiger partial charge in [0.25, 0.3) is 0 Å². The Labute approximate surface area is 369 Å². The van der Waals surface area contributed by atoms with E-state index in [0.29, 0.717) is 6.42 Å². The monoisotopic (exact) mass is 991 g/mol. The van der Waals surface area contributed by atoms with Crippen LogP contribution in [-0.4, -0.2) is 140 Å². The van der Waals surface area contributed by atoms with Crippen LogP contribution in [0.1, 0.15) is 78.4 Å². The van der Waals surface area contributed by atoms with Crippen molar-refractivity contribution in [3.63, 3.8) is 0 Å². The number of carbonyl (C=O) groups excluding carboxylic acids is 6. The maximum Gasteiger partial charge on any atom is 0.481 e. The van der Waals surface area contributed by atoms with E-state index < -0.39 is 114 Å². The van der Waals surface area contributed by atoms with Gasteiger partial charge in [-0.1, -0.05) is 45.4 Å². The number of rotatable bonds is 29. The minimum absolute atomic E-state index is 0.00447. The fourth-order valence-electron chi connectivity index (χ4n) is 5.73. The molecule has 2 aromatic heterocycles. The van der Waals surface area contributed by atoms with Crippen molar-refractivity contribution in [3.8, 4) is 0 Å². The number of phosphoric acid groups is 3. The molecule has 7 unspecified atom stereocenters. The molecule has 1 fully saturated rings. The molecule has 1 aliphatic heterocycles. The zero-order valence-electron chi connectivity index (χ0n) is 34.7. The minimum Gasteiger partial charge on any atom is -0.386 e. The van der Waals surface area contributed by atoms with Gasteiger partial charge in [-0.15, -0.1) is 0 Å². The number of unbranched alkanes of at least 4 members (excludes halogenated alkanes) is 2. The Morgan fingerprint density at radius 1 is 0.922 bits per heavy atom. The number of nitrogens with two attached hydrogens (primary N) is 1. The highest BCUT2D eigenvalue weighted by atomic mass is 32.2. The first-order chi connectivity index (χ1) is 29.7. The molecule has 64 heavy (non-hydrogen) atoms. The standard InChI is InChI=1S/C33H52N7O20P3S/c1-4-5-6-7-19(41)12-20(42)13-21(43)14-24(45)64-11-10-35-23(44)8-9-36-31(48)28(47)33(2,3)16-57-63(54,55)60-62(52,53)56-15-22-27(59-61(49,50)51)26(46)32(58-22)40-18-39-25-29(34)37-17-38-30(25)40/h17-18,22,26-28,32,46-47H,4-16H2,1-3H3,(H,35,44)(H,36,48)(H,52,53)(H,54,55)(H2,34,37,38)(H2,49,50,51). The SMILES string of the molecule is CCCCCC(=O)CC(=O)CC(=O)CC(=O)SCCNC(=O)CCNC(=O)C(O)C(C)(C)COP(=O)(O)OP(=O)(O)OCC1OC(n2cnc3c(N)ncnc32)C(O)C1OP(=O)(O)O. The molecule has 27 nitrogen and oxygen atoms in total. The molecule has 31 heteroatoms. The third-order valence-electron chi connectivity index (χ3n) is 8.95. The van der Waals surface area contributed by atoms with Crippen LogP contribution in [-0.2, 0) is 65.1 Å². The lowest BCUT2D eigenvalue weighted by molar-refractivity contribution is -0.137. The summed E-state index contributed by atoms with van der Waals surface area (Å²) in [5, 5.41) is 25.7. The summed E-state index contributed by atoms with van der Waals surface area (Å²) < 4.78 is 62.1. The number of hydrogen-bond donors (Lipinski definition) is 9. The molecule has 0 aromatic carbocycles. The number of nitrogens with one attached hydrogen (secondary N) is 2. The third kappa shape index (κ3) is 18.1. The number of aliphatic hydroxyl groups excluding tert-OH is 2.